The Morgan fingerprint density at radius 1 is 1.16 bits per heavy atom. The number of aromatic nitrogens is 3. The number of halogens is 1. The van der Waals surface area contributed by atoms with E-state index in [1.807, 2.05) is 24.3 Å². The molecular formula is C17H16ClN5OS. The van der Waals surface area contributed by atoms with Crippen molar-refractivity contribution in [3.8, 4) is 0 Å². The van der Waals surface area contributed by atoms with Gasteiger partial charge in [0, 0.05) is 47.9 Å². The molecule has 0 atom stereocenters. The van der Waals surface area contributed by atoms with Crippen molar-refractivity contribution in [3.63, 3.8) is 0 Å². The molecule has 0 unspecified atom stereocenters. The summed E-state index contributed by atoms with van der Waals surface area (Å²) >= 11 is 7.45. The van der Waals surface area contributed by atoms with Gasteiger partial charge in [0.1, 0.15) is 0 Å². The lowest BCUT2D eigenvalue weighted by molar-refractivity contribution is -0.115. The largest absolute Gasteiger partial charge is 0.354 e. The topological polar surface area (TPSA) is 79.8 Å². The Morgan fingerprint density at radius 3 is 2.80 bits per heavy atom. The zero-order chi connectivity index (χ0) is 17.5. The first-order valence-electron chi connectivity index (χ1n) is 7.69. The number of amides is 1. The smallest absolute Gasteiger partial charge is 0.227 e. The van der Waals surface area contributed by atoms with E-state index in [2.05, 4.69) is 25.6 Å². The van der Waals surface area contributed by atoms with Crippen LogP contribution in [0.15, 0.2) is 48.9 Å². The summed E-state index contributed by atoms with van der Waals surface area (Å²) < 4.78 is 0. The van der Waals surface area contributed by atoms with Gasteiger partial charge in [0.25, 0.3) is 0 Å². The zero-order valence-electron chi connectivity index (χ0n) is 13.3. The first-order chi connectivity index (χ1) is 12.2. The molecule has 0 radical (unpaired) electrons. The van der Waals surface area contributed by atoms with Crippen molar-refractivity contribution >= 4 is 39.9 Å². The monoisotopic (exact) mass is 373 g/mol. The quantitative estimate of drug-likeness (QED) is 0.661. The molecule has 3 aromatic rings. The fourth-order valence-corrected chi connectivity index (χ4v) is 3.23. The lowest BCUT2D eigenvalue weighted by Gasteiger charge is -2.04. The first-order valence-corrected chi connectivity index (χ1v) is 8.88. The van der Waals surface area contributed by atoms with Gasteiger partial charge in [-0.2, -0.15) is 0 Å². The van der Waals surface area contributed by atoms with Crippen molar-refractivity contribution in [3.05, 3.63) is 64.4 Å². The van der Waals surface area contributed by atoms with Crippen LogP contribution in [0.4, 0.5) is 11.1 Å². The van der Waals surface area contributed by atoms with E-state index >= 15 is 0 Å². The van der Waals surface area contributed by atoms with Gasteiger partial charge >= 0.3 is 0 Å². The predicted octanol–water partition coefficient (Wildman–Crippen LogP) is 3.62. The predicted molar refractivity (Wildman–Crippen MR) is 100 cm³/mol. The van der Waals surface area contributed by atoms with E-state index in [1.165, 1.54) is 11.3 Å². The Bertz CT molecular complexity index is 840. The number of anilines is 2. The number of thiazole rings is 1. The van der Waals surface area contributed by atoms with E-state index < -0.39 is 0 Å². The highest BCUT2D eigenvalue weighted by Gasteiger charge is 2.08. The van der Waals surface area contributed by atoms with E-state index in [0.717, 1.165) is 16.9 Å². The van der Waals surface area contributed by atoms with Gasteiger partial charge in [-0.1, -0.05) is 23.7 Å². The summed E-state index contributed by atoms with van der Waals surface area (Å²) in [5.74, 6) is 0.403. The van der Waals surface area contributed by atoms with E-state index in [9.17, 15) is 4.79 Å². The van der Waals surface area contributed by atoms with Gasteiger partial charge in [-0.25, -0.2) is 15.0 Å². The van der Waals surface area contributed by atoms with Crippen LogP contribution in [0, 0.1) is 0 Å². The standard InChI is InChI=1S/C17H16ClN5OS/c18-13-4-1-3-12(9-13)10-14-11-22-17(25-14)23-15(24)5-8-21-16-19-6-2-7-20-16/h1-4,6-7,9,11H,5,8,10H2,(H,19,20,21)(H,22,23,24). The Balaban J connectivity index is 1.46. The number of carbonyl (C=O) groups excluding carboxylic acids is 1. The van der Waals surface area contributed by atoms with Crippen LogP contribution >= 0.6 is 22.9 Å². The van der Waals surface area contributed by atoms with E-state index in [-0.39, 0.29) is 5.91 Å². The summed E-state index contributed by atoms with van der Waals surface area (Å²) in [7, 11) is 0. The molecule has 1 aromatic carbocycles. The summed E-state index contributed by atoms with van der Waals surface area (Å²) in [6, 6.07) is 9.45. The number of hydrogen-bond acceptors (Lipinski definition) is 6. The molecule has 0 spiro atoms. The van der Waals surface area contributed by atoms with Crippen LogP contribution in [0.5, 0.6) is 0 Å². The fraction of sp³-hybridized carbons (Fsp3) is 0.176. The fourth-order valence-electron chi connectivity index (χ4n) is 2.16. The van der Waals surface area contributed by atoms with Gasteiger partial charge in [0.2, 0.25) is 11.9 Å². The van der Waals surface area contributed by atoms with Crippen LogP contribution in [0.25, 0.3) is 0 Å². The molecule has 3 rings (SSSR count). The second-order valence-electron chi connectivity index (χ2n) is 5.24. The lowest BCUT2D eigenvalue weighted by atomic mass is 10.1. The molecule has 0 fully saturated rings. The third-order valence-electron chi connectivity index (χ3n) is 3.27. The minimum atomic E-state index is -0.105. The molecule has 1 amide bonds. The van der Waals surface area contributed by atoms with Gasteiger partial charge < -0.3 is 10.6 Å². The Morgan fingerprint density at radius 2 is 2.00 bits per heavy atom. The van der Waals surface area contributed by atoms with Crippen LogP contribution in [-0.4, -0.2) is 27.4 Å². The van der Waals surface area contributed by atoms with E-state index in [1.54, 1.807) is 24.7 Å². The molecule has 6 nitrogen and oxygen atoms in total. The van der Waals surface area contributed by atoms with Gasteiger partial charge in [0.15, 0.2) is 5.13 Å². The molecule has 2 aromatic heterocycles. The first kappa shape index (κ1) is 17.3. The minimum Gasteiger partial charge on any atom is -0.354 e. The molecule has 0 bridgehead atoms. The van der Waals surface area contributed by atoms with Gasteiger partial charge in [-0.15, -0.1) is 11.3 Å². The van der Waals surface area contributed by atoms with Crippen LogP contribution in [0.3, 0.4) is 0 Å². The third kappa shape index (κ3) is 5.51. The lowest BCUT2D eigenvalue weighted by Crippen LogP contribution is -2.16. The maximum absolute atomic E-state index is 12.0. The molecule has 0 aliphatic rings. The molecular weight excluding hydrogens is 358 g/mol. The highest BCUT2D eigenvalue weighted by molar-refractivity contribution is 7.15. The van der Waals surface area contributed by atoms with Crippen LogP contribution in [0.1, 0.15) is 16.9 Å². The van der Waals surface area contributed by atoms with Crippen LogP contribution in [-0.2, 0) is 11.2 Å². The summed E-state index contributed by atoms with van der Waals surface area (Å²) in [5, 5.41) is 7.11. The number of carbonyl (C=O) groups is 1. The number of hydrogen-bond donors (Lipinski definition) is 2. The maximum atomic E-state index is 12.0. The average Bonchev–Trinajstić information content (AvgIpc) is 3.02. The van der Waals surface area contributed by atoms with Crippen LogP contribution < -0.4 is 10.6 Å². The molecule has 0 saturated heterocycles. The number of benzene rings is 1. The summed E-state index contributed by atoms with van der Waals surface area (Å²) in [4.78, 5) is 25.4. The summed E-state index contributed by atoms with van der Waals surface area (Å²) in [6.45, 7) is 0.455. The third-order valence-corrected chi connectivity index (χ3v) is 4.42. The van der Waals surface area contributed by atoms with Crippen molar-refractivity contribution in [1.82, 2.24) is 15.0 Å². The molecule has 25 heavy (non-hydrogen) atoms. The van der Waals surface area contributed by atoms with Crippen LogP contribution in [0.2, 0.25) is 5.02 Å². The molecule has 0 aliphatic carbocycles. The highest BCUT2D eigenvalue weighted by atomic mass is 35.5. The number of rotatable bonds is 7. The second-order valence-corrected chi connectivity index (χ2v) is 6.79. The summed E-state index contributed by atoms with van der Waals surface area (Å²) in [5.41, 5.74) is 1.11. The molecule has 128 valence electrons. The van der Waals surface area contributed by atoms with Crippen molar-refractivity contribution in [1.29, 1.82) is 0 Å². The Labute approximate surface area is 154 Å². The van der Waals surface area contributed by atoms with Gasteiger partial charge in [-0.05, 0) is 23.8 Å². The number of nitrogens with zero attached hydrogens (tertiary/aromatic N) is 3. The molecule has 0 saturated carbocycles. The average molecular weight is 374 g/mol. The highest BCUT2D eigenvalue weighted by Crippen LogP contribution is 2.22. The minimum absolute atomic E-state index is 0.105. The second kappa shape index (κ2) is 8.55. The Hall–Kier alpha value is -2.51. The van der Waals surface area contributed by atoms with Gasteiger partial charge in [-0.3, -0.25) is 4.79 Å². The Kier molecular flexibility index (Phi) is 5.92. The number of nitrogens with one attached hydrogen (secondary N) is 2. The molecule has 0 aliphatic heterocycles. The zero-order valence-corrected chi connectivity index (χ0v) is 14.8. The van der Waals surface area contributed by atoms with Crippen molar-refractivity contribution in [2.45, 2.75) is 12.8 Å². The van der Waals surface area contributed by atoms with E-state index in [4.69, 9.17) is 11.6 Å². The van der Waals surface area contributed by atoms with E-state index in [0.29, 0.717) is 29.1 Å². The van der Waals surface area contributed by atoms with Crippen molar-refractivity contribution in [2.24, 2.45) is 0 Å². The maximum Gasteiger partial charge on any atom is 0.227 e. The normalized spacial score (nSPS) is 10.4. The van der Waals surface area contributed by atoms with Crippen molar-refractivity contribution in [2.75, 3.05) is 17.2 Å². The molecule has 2 heterocycles. The van der Waals surface area contributed by atoms with Crippen molar-refractivity contribution < 1.29 is 4.79 Å². The molecule has 8 heteroatoms. The van der Waals surface area contributed by atoms with Gasteiger partial charge in [0.05, 0.1) is 0 Å². The molecule has 2 N–H and O–H groups in total. The summed E-state index contributed by atoms with van der Waals surface area (Å²) in [6.07, 6.45) is 6.11. The SMILES string of the molecule is O=C(CCNc1ncccn1)Nc1ncc(Cc2cccc(Cl)c2)s1.